The van der Waals surface area contributed by atoms with Crippen molar-refractivity contribution < 1.29 is 26.7 Å². The van der Waals surface area contributed by atoms with E-state index in [9.17, 15) is 22.0 Å². The van der Waals surface area contributed by atoms with Gasteiger partial charge >= 0.3 is 0 Å². The Morgan fingerprint density at radius 2 is 1.71 bits per heavy atom. The van der Waals surface area contributed by atoms with Crippen molar-refractivity contribution in [3.63, 3.8) is 0 Å². The molecule has 4 rings (SSSR count). The predicted octanol–water partition coefficient (Wildman–Crippen LogP) is 5.59. The molecule has 2 atom stereocenters. The zero-order valence-electron chi connectivity index (χ0n) is 21.6. The van der Waals surface area contributed by atoms with Gasteiger partial charge in [0.1, 0.15) is 22.3 Å². The van der Waals surface area contributed by atoms with Crippen molar-refractivity contribution >= 4 is 33.2 Å². The van der Waals surface area contributed by atoms with Crippen molar-refractivity contribution in [2.75, 3.05) is 26.0 Å². The molecule has 7 nitrogen and oxygen atoms in total. The molecule has 11 heteroatoms. The van der Waals surface area contributed by atoms with Crippen LogP contribution in [-0.4, -0.2) is 52.0 Å². The van der Waals surface area contributed by atoms with Crippen LogP contribution in [0.5, 0.6) is 5.75 Å². The van der Waals surface area contributed by atoms with Crippen LogP contribution in [-0.2, 0) is 10.0 Å². The highest BCUT2D eigenvalue weighted by Crippen LogP contribution is 2.31. The quantitative estimate of drug-likeness (QED) is 0.409. The second-order valence-electron chi connectivity index (χ2n) is 10.4. The molecule has 2 aliphatic rings. The van der Waals surface area contributed by atoms with Crippen LogP contribution in [0.4, 0.5) is 14.5 Å². The number of sulfonamides is 1. The molecule has 0 aliphatic heterocycles. The molecule has 2 fully saturated rings. The van der Waals surface area contributed by atoms with Crippen molar-refractivity contribution in [2.45, 2.75) is 68.3 Å². The fourth-order valence-electron chi connectivity index (χ4n) is 5.35. The topological polar surface area (TPSA) is 87.7 Å². The van der Waals surface area contributed by atoms with Crippen LogP contribution in [0.25, 0.3) is 0 Å². The van der Waals surface area contributed by atoms with Crippen LogP contribution < -0.4 is 14.8 Å². The SMILES string of the molecule is CN(C)[C@H]1CCCC[C@@H]1Nc1ccc(S(=O)(=O)NC(=O)c2cc(Cl)c(OCC3CCCC3)cc2F)c(F)c1. The molecule has 208 valence electrons. The number of ether oxygens (including phenoxy) is 1. The van der Waals surface area contributed by atoms with Gasteiger partial charge in [0.2, 0.25) is 0 Å². The molecule has 2 aromatic carbocycles. The summed E-state index contributed by atoms with van der Waals surface area (Å²) in [6.45, 7) is 0.389. The van der Waals surface area contributed by atoms with Gasteiger partial charge in [-0.15, -0.1) is 0 Å². The first-order valence-electron chi connectivity index (χ1n) is 13.0. The number of rotatable bonds is 9. The number of nitrogens with zero attached hydrogens (tertiary/aromatic N) is 1. The first-order chi connectivity index (χ1) is 18.0. The lowest BCUT2D eigenvalue weighted by Crippen LogP contribution is -2.45. The number of likely N-dealkylation sites (N-methyl/N-ethyl adjacent to an activating group) is 1. The van der Waals surface area contributed by atoms with Crippen molar-refractivity contribution in [3.8, 4) is 5.75 Å². The van der Waals surface area contributed by atoms with Gasteiger partial charge < -0.3 is 15.0 Å². The van der Waals surface area contributed by atoms with E-state index in [-0.39, 0.29) is 22.9 Å². The molecule has 1 amide bonds. The van der Waals surface area contributed by atoms with Gasteiger partial charge in [-0.2, -0.15) is 0 Å². The number of amides is 1. The van der Waals surface area contributed by atoms with Gasteiger partial charge in [-0.05, 0) is 70.0 Å². The zero-order valence-corrected chi connectivity index (χ0v) is 23.2. The molecule has 2 saturated carbocycles. The highest BCUT2D eigenvalue weighted by Gasteiger charge is 2.28. The van der Waals surface area contributed by atoms with E-state index in [4.69, 9.17) is 16.3 Å². The zero-order chi connectivity index (χ0) is 27.4. The van der Waals surface area contributed by atoms with E-state index in [1.807, 2.05) is 14.1 Å². The summed E-state index contributed by atoms with van der Waals surface area (Å²) in [5, 5.41) is 3.28. The second-order valence-corrected chi connectivity index (χ2v) is 12.4. The van der Waals surface area contributed by atoms with Gasteiger partial charge in [-0.3, -0.25) is 4.79 Å². The van der Waals surface area contributed by atoms with Crippen molar-refractivity contribution in [1.29, 1.82) is 0 Å². The molecule has 0 unspecified atom stereocenters. The highest BCUT2D eigenvalue weighted by atomic mass is 35.5. The maximum Gasteiger partial charge on any atom is 0.268 e. The Hall–Kier alpha value is -2.43. The van der Waals surface area contributed by atoms with Crippen LogP contribution in [0.1, 0.15) is 61.7 Å². The average Bonchev–Trinajstić information content (AvgIpc) is 3.38. The normalized spacial score (nSPS) is 20.5. The van der Waals surface area contributed by atoms with Crippen LogP contribution in [0.2, 0.25) is 5.02 Å². The van der Waals surface area contributed by atoms with E-state index >= 15 is 0 Å². The molecule has 0 saturated heterocycles. The number of halogens is 3. The van der Waals surface area contributed by atoms with Gasteiger partial charge in [0.15, 0.2) is 0 Å². The summed E-state index contributed by atoms with van der Waals surface area (Å²) in [6.07, 6.45) is 8.42. The molecule has 2 aromatic rings. The van der Waals surface area contributed by atoms with E-state index in [0.29, 0.717) is 18.2 Å². The Morgan fingerprint density at radius 1 is 1.03 bits per heavy atom. The third-order valence-corrected chi connectivity index (χ3v) is 9.07. The minimum atomic E-state index is -4.62. The Bertz CT molecular complexity index is 1270. The lowest BCUT2D eigenvalue weighted by molar-refractivity contribution is 0.0977. The third kappa shape index (κ3) is 6.76. The molecule has 0 spiro atoms. The molecule has 0 aromatic heterocycles. The monoisotopic (exact) mass is 569 g/mol. The first kappa shape index (κ1) is 28.6. The first-order valence-corrected chi connectivity index (χ1v) is 14.8. The number of hydrogen-bond donors (Lipinski definition) is 2. The number of hydrogen-bond acceptors (Lipinski definition) is 6. The smallest absolute Gasteiger partial charge is 0.268 e. The molecule has 2 N–H and O–H groups in total. The Balaban J connectivity index is 1.44. The minimum absolute atomic E-state index is 0.0210. The summed E-state index contributed by atoms with van der Waals surface area (Å²) in [5.74, 6) is -2.83. The summed E-state index contributed by atoms with van der Waals surface area (Å²) in [5.41, 5.74) is -0.143. The number of nitrogens with one attached hydrogen (secondary N) is 2. The van der Waals surface area contributed by atoms with E-state index in [1.165, 1.54) is 6.07 Å². The molecule has 0 heterocycles. The summed E-state index contributed by atoms with van der Waals surface area (Å²) >= 11 is 6.18. The standard InChI is InChI=1S/C27H34ClF2N3O4S/c1-33(2)24-10-6-5-9-23(24)31-18-11-12-26(22(30)13-18)38(35,36)32-27(34)19-14-20(28)25(15-21(19)29)37-16-17-7-3-4-8-17/h11-15,17,23-24,31H,3-10,16H2,1-2H3,(H,32,34)/t23-,24-/m0/s1. The molecule has 0 bridgehead atoms. The number of carbonyl (C=O) groups is 1. The van der Waals surface area contributed by atoms with Crippen LogP contribution in [0, 0.1) is 17.6 Å². The van der Waals surface area contributed by atoms with E-state index in [0.717, 1.165) is 75.6 Å². The number of carbonyl (C=O) groups excluding carboxylic acids is 1. The molecular formula is C27H34ClF2N3O4S. The summed E-state index contributed by atoms with van der Waals surface area (Å²) in [4.78, 5) is 14.1. The van der Waals surface area contributed by atoms with Gasteiger partial charge in [-0.1, -0.05) is 37.3 Å². The summed E-state index contributed by atoms with van der Waals surface area (Å²) in [6, 6.07) is 5.98. The largest absolute Gasteiger partial charge is 0.492 e. The highest BCUT2D eigenvalue weighted by molar-refractivity contribution is 7.90. The maximum atomic E-state index is 14.9. The van der Waals surface area contributed by atoms with Gasteiger partial charge in [-0.25, -0.2) is 21.9 Å². The Morgan fingerprint density at radius 3 is 2.39 bits per heavy atom. The lowest BCUT2D eigenvalue weighted by Gasteiger charge is -2.37. The fraction of sp³-hybridized carbons (Fsp3) is 0.519. The fourth-order valence-corrected chi connectivity index (χ4v) is 6.60. The van der Waals surface area contributed by atoms with Gasteiger partial charge in [0.25, 0.3) is 15.9 Å². The third-order valence-electron chi connectivity index (χ3n) is 7.41. The number of anilines is 1. The minimum Gasteiger partial charge on any atom is -0.492 e. The molecule has 2 aliphatic carbocycles. The average molecular weight is 570 g/mol. The molecule has 0 radical (unpaired) electrons. The van der Waals surface area contributed by atoms with Crippen molar-refractivity contribution in [1.82, 2.24) is 9.62 Å². The summed E-state index contributed by atoms with van der Waals surface area (Å²) < 4.78 is 62.6. The molecule has 38 heavy (non-hydrogen) atoms. The van der Waals surface area contributed by atoms with E-state index < -0.39 is 38.0 Å². The van der Waals surface area contributed by atoms with E-state index in [2.05, 4.69) is 10.2 Å². The Kier molecular flexibility index (Phi) is 9.15. The van der Waals surface area contributed by atoms with Gasteiger partial charge in [0.05, 0.1) is 17.2 Å². The lowest BCUT2D eigenvalue weighted by atomic mass is 9.89. The number of benzene rings is 2. The predicted molar refractivity (Wildman–Crippen MR) is 143 cm³/mol. The molecular weight excluding hydrogens is 536 g/mol. The maximum absolute atomic E-state index is 14.9. The van der Waals surface area contributed by atoms with Gasteiger partial charge in [0, 0.05) is 23.8 Å². The van der Waals surface area contributed by atoms with Crippen molar-refractivity contribution in [2.24, 2.45) is 5.92 Å². The van der Waals surface area contributed by atoms with Crippen LogP contribution >= 0.6 is 11.6 Å². The Labute approximate surface area is 227 Å². The second kappa shape index (κ2) is 12.2. The van der Waals surface area contributed by atoms with E-state index in [1.54, 1.807) is 4.72 Å². The van der Waals surface area contributed by atoms with Crippen LogP contribution in [0.3, 0.4) is 0 Å². The van der Waals surface area contributed by atoms with Crippen molar-refractivity contribution in [3.05, 3.63) is 52.6 Å². The summed E-state index contributed by atoms with van der Waals surface area (Å²) in [7, 11) is -0.632. The van der Waals surface area contributed by atoms with Crippen LogP contribution in [0.15, 0.2) is 35.2 Å².